The lowest BCUT2D eigenvalue weighted by atomic mass is 9.87. The number of fused-ring (bicyclic) bond motifs is 1. The Balaban J connectivity index is 2.32. The van der Waals surface area contributed by atoms with Gasteiger partial charge in [-0.15, -0.1) is 0 Å². The Hall–Kier alpha value is -1.15. The maximum absolute atomic E-state index is 12.1. The molecule has 0 bridgehead atoms. The van der Waals surface area contributed by atoms with Crippen molar-refractivity contribution in [1.29, 1.82) is 0 Å². The van der Waals surface area contributed by atoms with E-state index in [2.05, 4.69) is 4.99 Å². The second kappa shape index (κ2) is 3.70. The van der Waals surface area contributed by atoms with Crippen LogP contribution in [0.25, 0.3) is 0 Å². The number of ketones is 1. The molecule has 0 N–H and O–H groups in total. The summed E-state index contributed by atoms with van der Waals surface area (Å²) in [5.41, 5.74) is 2.19. The summed E-state index contributed by atoms with van der Waals surface area (Å²) in [6.07, 6.45) is 0.628. The van der Waals surface area contributed by atoms with E-state index in [0.29, 0.717) is 17.2 Å². The molecule has 0 saturated carbocycles. The smallest absolute Gasteiger partial charge is 0.182 e. The minimum atomic E-state index is -0.370. The van der Waals surface area contributed by atoms with Gasteiger partial charge < -0.3 is 0 Å². The van der Waals surface area contributed by atoms with Crippen molar-refractivity contribution >= 4 is 28.8 Å². The van der Waals surface area contributed by atoms with Gasteiger partial charge in [0.1, 0.15) is 0 Å². The molecule has 1 aliphatic heterocycles. The molecule has 1 heterocycles. The minimum Gasteiger partial charge on any atom is -0.292 e. The molecule has 16 heavy (non-hydrogen) atoms. The van der Waals surface area contributed by atoms with Gasteiger partial charge in [-0.2, -0.15) is 0 Å². The molecule has 1 aliphatic rings. The lowest BCUT2D eigenvalue weighted by Crippen LogP contribution is -2.28. The van der Waals surface area contributed by atoms with Crippen LogP contribution in [0.3, 0.4) is 0 Å². The molecule has 0 amide bonds. The van der Waals surface area contributed by atoms with Crippen LogP contribution in [-0.2, 0) is 11.2 Å². The summed E-state index contributed by atoms with van der Waals surface area (Å²) in [6, 6.07) is 5.57. The van der Waals surface area contributed by atoms with Gasteiger partial charge in [0, 0.05) is 16.9 Å². The van der Waals surface area contributed by atoms with Crippen LogP contribution in [0, 0.1) is 5.41 Å². The van der Waals surface area contributed by atoms with Gasteiger partial charge in [-0.1, -0.05) is 38.4 Å². The van der Waals surface area contributed by atoms with Crippen molar-refractivity contribution < 1.29 is 4.79 Å². The van der Waals surface area contributed by atoms with E-state index >= 15 is 0 Å². The highest BCUT2D eigenvalue weighted by Crippen LogP contribution is 2.31. The van der Waals surface area contributed by atoms with Gasteiger partial charge in [0.05, 0.1) is 11.4 Å². The van der Waals surface area contributed by atoms with E-state index in [1.165, 1.54) is 0 Å². The van der Waals surface area contributed by atoms with Gasteiger partial charge in [-0.05, 0) is 17.7 Å². The Morgan fingerprint density at radius 2 is 2.06 bits per heavy atom. The van der Waals surface area contributed by atoms with Crippen LogP contribution in [0.1, 0.15) is 26.3 Å². The Morgan fingerprint density at radius 3 is 2.69 bits per heavy atom. The quantitative estimate of drug-likeness (QED) is 0.732. The zero-order valence-electron chi connectivity index (χ0n) is 9.67. The number of Topliss-reactive ketones (excluding diaryl/α,β-unsaturated/α-hetero) is 1. The van der Waals surface area contributed by atoms with E-state index in [9.17, 15) is 4.79 Å². The third kappa shape index (κ3) is 2.03. The van der Waals surface area contributed by atoms with Crippen molar-refractivity contribution in [3.63, 3.8) is 0 Å². The van der Waals surface area contributed by atoms with Crippen molar-refractivity contribution in [1.82, 2.24) is 0 Å². The van der Waals surface area contributed by atoms with Gasteiger partial charge in [0.15, 0.2) is 5.78 Å². The fourth-order valence-electron chi connectivity index (χ4n) is 1.72. The molecule has 2 rings (SSSR count). The first-order valence-corrected chi connectivity index (χ1v) is 5.66. The Morgan fingerprint density at radius 1 is 1.38 bits per heavy atom. The van der Waals surface area contributed by atoms with Crippen LogP contribution in [0.5, 0.6) is 0 Å². The number of halogens is 1. The summed E-state index contributed by atoms with van der Waals surface area (Å²) in [7, 11) is 0. The zero-order valence-corrected chi connectivity index (χ0v) is 10.4. The van der Waals surface area contributed by atoms with Crippen LogP contribution in [-0.4, -0.2) is 11.5 Å². The van der Waals surface area contributed by atoms with Crippen LogP contribution >= 0.6 is 11.6 Å². The third-order valence-electron chi connectivity index (χ3n) is 2.60. The summed E-state index contributed by atoms with van der Waals surface area (Å²) in [5, 5.41) is 0.659. The second-order valence-electron chi connectivity index (χ2n) is 5.09. The Labute approximate surface area is 100 Å². The molecular weight excluding hydrogens is 222 g/mol. The monoisotopic (exact) mass is 235 g/mol. The fourth-order valence-corrected chi connectivity index (χ4v) is 1.89. The van der Waals surface area contributed by atoms with Crippen molar-refractivity contribution in [2.24, 2.45) is 10.4 Å². The lowest BCUT2D eigenvalue weighted by molar-refractivity contribution is -0.119. The van der Waals surface area contributed by atoms with E-state index in [1.807, 2.05) is 32.9 Å². The number of rotatable bonds is 1. The van der Waals surface area contributed by atoms with Gasteiger partial charge in [-0.25, -0.2) is 4.99 Å². The van der Waals surface area contributed by atoms with Crippen molar-refractivity contribution in [2.75, 3.05) is 0 Å². The lowest BCUT2D eigenvalue weighted by Gasteiger charge is -2.15. The molecule has 0 unspecified atom stereocenters. The number of nitrogens with zero attached hydrogens (tertiary/aromatic N) is 1. The summed E-state index contributed by atoms with van der Waals surface area (Å²) in [5.74, 6) is 0.111. The van der Waals surface area contributed by atoms with Crippen molar-refractivity contribution in [3.8, 4) is 0 Å². The van der Waals surface area contributed by atoms with E-state index < -0.39 is 0 Å². The number of benzene rings is 1. The summed E-state index contributed by atoms with van der Waals surface area (Å²) >= 11 is 5.89. The van der Waals surface area contributed by atoms with Crippen LogP contribution in [0.15, 0.2) is 23.2 Å². The molecule has 1 aromatic carbocycles. The highest BCUT2D eigenvalue weighted by molar-refractivity contribution is 6.43. The van der Waals surface area contributed by atoms with E-state index in [0.717, 1.165) is 11.3 Å². The van der Waals surface area contributed by atoms with Gasteiger partial charge in [0.25, 0.3) is 0 Å². The average molecular weight is 236 g/mol. The molecule has 0 saturated heterocycles. The SMILES string of the molecule is CC(C)(C)C(=O)C1=Nc2cc(Cl)ccc2C1. The van der Waals surface area contributed by atoms with E-state index in [1.54, 1.807) is 6.07 Å². The largest absolute Gasteiger partial charge is 0.292 e. The predicted molar refractivity (Wildman–Crippen MR) is 66.7 cm³/mol. The van der Waals surface area contributed by atoms with Gasteiger partial charge >= 0.3 is 0 Å². The first-order valence-electron chi connectivity index (χ1n) is 5.29. The van der Waals surface area contributed by atoms with Gasteiger partial charge in [0.2, 0.25) is 0 Å². The van der Waals surface area contributed by atoms with Crippen LogP contribution in [0.2, 0.25) is 5.02 Å². The average Bonchev–Trinajstić information content (AvgIpc) is 2.57. The molecule has 84 valence electrons. The van der Waals surface area contributed by atoms with Crippen molar-refractivity contribution in [3.05, 3.63) is 28.8 Å². The minimum absolute atomic E-state index is 0.111. The normalized spacial score (nSPS) is 14.6. The van der Waals surface area contributed by atoms with E-state index in [4.69, 9.17) is 11.6 Å². The first-order chi connectivity index (χ1) is 7.38. The number of hydrogen-bond acceptors (Lipinski definition) is 2. The number of carbonyl (C=O) groups excluding carboxylic acids is 1. The first kappa shape index (κ1) is 11.3. The van der Waals surface area contributed by atoms with Crippen molar-refractivity contribution in [2.45, 2.75) is 27.2 Å². The highest BCUT2D eigenvalue weighted by atomic mass is 35.5. The number of hydrogen-bond donors (Lipinski definition) is 0. The number of aliphatic imine (C=N–C) groups is 1. The summed E-state index contributed by atoms with van der Waals surface area (Å²) in [6.45, 7) is 5.73. The highest BCUT2D eigenvalue weighted by Gasteiger charge is 2.29. The Kier molecular flexibility index (Phi) is 2.62. The standard InChI is InChI=1S/C13H14ClNO/c1-13(2,3)12(16)11-6-8-4-5-9(14)7-10(8)15-11/h4-5,7H,6H2,1-3H3. The fraction of sp³-hybridized carbons (Fsp3) is 0.385. The van der Waals surface area contributed by atoms with E-state index in [-0.39, 0.29) is 11.2 Å². The third-order valence-corrected chi connectivity index (χ3v) is 2.84. The molecular formula is C13H14ClNO. The molecule has 0 radical (unpaired) electrons. The molecule has 1 aromatic rings. The predicted octanol–water partition coefficient (Wildman–Crippen LogP) is 3.58. The molecule has 0 spiro atoms. The number of carbonyl (C=O) groups is 1. The summed E-state index contributed by atoms with van der Waals surface area (Å²) in [4.78, 5) is 16.4. The van der Waals surface area contributed by atoms with Crippen LogP contribution < -0.4 is 0 Å². The second-order valence-corrected chi connectivity index (χ2v) is 5.52. The molecule has 2 nitrogen and oxygen atoms in total. The topological polar surface area (TPSA) is 29.4 Å². The molecule has 0 aliphatic carbocycles. The maximum Gasteiger partial charge on any atom is 0.182 e. The molecule has 0 fully saturated rings. The Bertz CT molecular complexity index is 483. The summed E-state index contributed by atoms with van der Waals surface area (Å²) < 4.78 is 0. The zero-order chi connectivity index (χ0) is 11.9. The van der Waals surface area contributed by atoms with Crippen LogP contribution in [0.4, 0.5) is 5.69 Å². The molecule has 0 atom stereocenters. The molecule has 3 heteroatoms. The maximum atomic E-state index is 12.1. The van der Waals surface area contributed by atoms with Gasteiger partial charge in [-0.3, -0.25) is 4.79 Å². The molecule has 0 aromatic heterocycles.